The van der Waals surface area contributed by atoms with Gasteiger partial charge in [-0.2, -0.15) is 0 Å². The number of fused-ring (bicyclic) bond motifs is 1. The number of ether oxygens (including phenoxy) is 1. The molecule has 23 heavy (non-hydrogen) atoms. The van der Waals surface area contributed by atoms with E-state index in [2.05, 4.69) is 4.98 Å². The molecule has 0 bridgehead atoms. The molecular formula is C15H19FN4O3. The zero-order chi connectivity index (χ0) is 16.6. The molecule has 0 saturated carbocycles. The van der Waals surface area contributed by atoms with Gasteiger partial charge in [0.2, 0.25) is 5.95 Å². The molecular weight excluding hydrogens is 303 g/mol. The van der Waals surface area contributed by atoms with Crippen molar-refractivity contribution in [1.82, 2.24) is 9.55 Å². The summed E-state index contributed by atoms with van der Waals surface area (Å²) in [6.07, 6.45) is 0.491. The molecule has 1 fully saturated rings. The van der Waals surface area contributed by atoms with Crippen LogP contribution in [0.3, 0.4) is 0 Å². The Morgan fingerprint density at radius 2 is 2.30 bits per heavy atom. The Morgan fingerprint density at radius 3 is 2.96 bits per heavy atom. The number of hydrogen-bond donors (Lipinski definition) is 0. The second kappa shape index (κ2) is 6.11. The van der Waals surface area contributed by atoms with Crippen molar-refractivity contribution >= 4 is 22.7 Å². The van der Waals surface area contributed by atoms with Crippen LogP contribution in [-0.4, -0.2) is 40.8 Å². The number of anilines is 1. The molecule has 1 aromatic carbocycles. The van der Waals surface area contributed by atoms with E-state index < -0.39 is 11.1 Å². The van der Waals surface area contributed by atoms with Gasteiger partial charge in [0, 0.05) is 26.8 Å². The van der Waals surface area contributed by atoms with Crippen molar-refractivity contribution in [3.05, 3.63) is 27.8 Å². The Hall–Kier alpha value is -2.22. The molecule has 1 atom stereocenters. The molecule has 124 valence electrons. The van der Waals surface area contributed by atoms with Crippen molar-refractivity contribution in [3.63, 3.8) is 0 Å². The number of piperidine rings is 1. The third kappa shape index (κ3) is 2.86. The fraction of sp³-hybridized carbons (Fsp3) is 0.533. The van der Waals surface area contributed by atoms with Crippen molar-refractivity contribution in [2.75, 3.05) is 25.1 Å². The summed E-state index contributed by atoms with van der Waals surface area (Å²) in [6.45, 7) is 1.21. The van der Waals surface area contributed by atoms with Gasteiger partial charge in [-0.3, -0.25) is 10.1 Å². The van der Waals surface area contributed by atoms with Crippen LogP contribution in [-0.2, 0) is 18.4 Å². The molecule has 0 radical (unpaired) electrons. The molecule has 1 aliphatic rings. The summed E-state index contributed by atoms with van der Waals surface area (Å²) in [4.78, 5) is 17.2. The van der Waals surface area contributed by atoms with Gasteiger partial charge in [-0.05, 0) is 18.9 Å². The maximum absolute atomic E-state index is 13.7. The second-order valence-corrected chi connectivity index (χ2v) is 5.82. The predicted molar refractivity (Wildman–Crippen MR) is 84.4 cm³/mol. The molecule has 2 heterocycles. The topological polar surface area (TPSA) is 73.4 Å². The van der Waals surface area contributed by atoms with E-state index in [1.54, 1.807) is 6.07 Å². The number of halogens is 1. The van der Waals surface area contributed by atoms with Crippen LogP contribution in [0.25, 0.3) is 11.0 Å². The SMILES string of the molecule is COCc1cc2c(cc1[N+](=O)[O-])nc(N1CCCC(F)C1)n2C. The lowest BCUT2D eigenvalue weighted by molar-refractivity contribution is -0.385. The van der Waals surface area contributed by atoms with E-state index in [0.717, 1.165) is 18.5 Å². The molecule has 0 amide bonds. The first-order valence-electron chi connectivity index (χ1n) is 7.53. The normalized spacial score (nSPS) is 18.6. The van der Waals surface area contributed by atoms with Crippen molar-refractivity contribution in [3.8, 4) is 0 Å². The number of alkyl halides is 1. The molecule has 1 saturated heterocycles. The molecule has 7 nitrogen and oxygen atoms in total. The first-order chi connectivity index (χ1) is 11.0. The number of nitrogens with zero attached hydrogens (tertiary/aromatic N) is 4. The number of methoxy groups -OCH3 is 1. The highest BCUT2D eigenvalue weighted by Crippen LogP contribution is 2.30. The lowest BCUT2D eigenvalue weighted by Crippen LogP contribution is -2.37. The Labute approximate surface area is 132 Å². The highest BCUT2D eigenvalue weighted by Gasteiger charge is 2.25. The Balaban J connectivity index is 2.08. The molecule has 1 aliphatic heterocycles. The van der Waals surface area contributed by atoms with E-state index in [-0.39, 0.29) is 12.3 Å². The maximum Gasteiger partial charge on any atom is 0.277 e. The van der Waals surface area contributed by atoms with Gasteiger partial charge in [0.05, 0.1) is 34.7 Å². The molecule has 8 heteroatoms. The van der Waals surface area contributed by atoms with Gasteiger partial charge in [-0.15, -0.1) is 0 Å². The minimum atomic E-state index is -0.859. The van der Waals surface area contributed by atoms with Crippen LogP contribution in [0.2, 0.25) is 0 Å². The van der Waals surface area contributed by atoms with Gasteiger partial charge in [-0.25, -0.2) is 9.37 Å². The Morgan fingerprint density at radius 1 is 1.52 bits per heavy atom. The van der Waals surface area contributed by atoms with E-state index in [4.69, 9.17) is 4.74 Å². The Bertz CT molecular complexity index is 746. The zero-order valence-electron chi connectivity index (χ0n) is 13.2. The van der Waals surface area contributed by atoms with Gasteiger partial charge in [0.15, 0.2) is 0 Å². The molecule has 0 spiro atoms. The lowest BCUT2D eigenvalue weighted by atomic mass is 10.1. The van der Waals surface area contributed by atoms with Crippen molar-refractivity contribution < 1.29 is 14.1 Å². The monoisotopic (exact) mass is 322 g/mol. The molecule has 1 aromatic heterocycles. The fourth-order valence-corrected chi connectivity index (χ4v) is 3.09. The lowest BCUT2D eigenvalue weighted by Gasteiger charge is -2.29. The average molecular weight is 322 g/mol. The first-order valence-corrected chi connectivity index (χ1v) is 7.53. The molecule has 3 rings (SSSR count). The van der Waals surface area contributed by atoms with E-state index in [9.17, 15) is 14.5 Å². The van der Waals surface area contributed by atoms with E-state index in [0.29, 0.717) is 30.0 Å². The largest absolute Gasteiger partial charge is 0.380 e. The molecule has 0 aliphatic carbocycles. The molecule has 2 aromatic rings. The Kier molecular flexibility index (Phi) is 4.16. The molecule has 1 unspecified atom stereocenters. The van der Waals surface area contributed by atoms with Crippen LogP contribution in [0.1, 0.15) is 18.4 Å². The predicted octanol–water partition coefficient (Wildman–Crippen LogP) is 2.57. The van der Waals surface area contributed by atoms with Gasteiger partial charge in [0.25, 0.3) is 5.69 Å². The van der Waals surface area contributed by atoms with Crippen LogP contribution in [0.5, 0.6) is 0 Å². The first kappa shape index (κ1) is 15.7. The number of aromatic nitrogens is 2. The summed E-state index contributed by atoms with van der Waals surface area (Å²) < 4.78 is 20.6. The number of rotatable bonds is 4. The minimum absolute atomic E-state index is 0.00832. The zero-order valence-corrected chi connectivity index (χ0v) is 13.2. The van der Waals surface area contributed by atoms with Crippen LogP contribution in [0, 0.1) is 10.1 Å². The van der Waals surface area contributed by atoms with Crippen molar-refractivity contribution in [2.45, 2.75) is 25.6 Å². The minimum Gasteiger partial charge on any atom is -0.380 e. The van der Waals surface area contributed by atoms with E-state index in [1.807, 2.05) is 16.5 Å². The van der Waals surface area contributed by atoms with Crippen LogP contribution in [0.4, 0.5) is 16.0 Å². The summed E-state index contributed by atoms with van der Waals surface area (Å²) in [5.41, 5.74) is 1.81. The smallest absolute Gasteiger partial charge is 0.277 e. The molecule has 0 N–H and O–H groups in total. The van der Waals surface area contributed by atoms with E-state index >= 15 is 0 Å². The van der Waals surface area contributed by atoms with Crippen molar-refractivity contribution in [2.24, 2.45) is 7.05 Å². The van der Waals surface area contributed by atoms with Crippen LogP contribution < -0.4 is 4.90 Å². The highest BCUT2D eigenvalue weighted by atomic mass is 19.1. The summed E-state index contributed by atoms with van der Waals surface area (Å²) in [6, 6.07) is 3.19. The van der Waals surface area contributed by atoms with E-state index in [1.165, 1.54) is 13.2 Å². The quantitative estimate of drug-likeness (QED) is 0.639. The number of nitro groups is 1. The van der Waals surface area contributed by atoms with Crippen LogP contribution >= 0.6 is 0 Å². The summed E-state index contributed by atoms with van der Waals surface area (Å²) in [7, 11) is 3.34. The van der Waals surface area contributed by atoms with Gasteiger partial charge in [0.1, 0.15) is 6.17 Å². The number of benzene rings is 1. The van der Waals surface area contributed by atoms with Gasteiger partial charge >= 0.3 is 0 Å². The third-order valence-electron chi connectivity index (χ3n) is 4.20. The second-order valence-electron chi connectivity index (χ2n) is 5.82. The standard InChI is InChI=1S/C15H19FN4O3/c1-18-14-6-10(9-23-2)13(20(21)22)7-12(14)17-15(18)19-5-3-4-11(16)8-19/h6-7,11H,3-5,8-9H2,1-2H3. The maximum atomic E-state index is 13.7. The fourth-order valence-electron chi connectivity index (χ4n) is 3.09. The van der Waals surface area contributed by atoms with Crippen molar-refractivity contribution in [1.29, 1.82) is 0 Å². The summed E-state index contributed by atoms with van der Waals surface area (Å²) in [5.74, 6) is 0.645. The highest BCUT2D eigenvalue weighted by molar-refractivity contribution is 5.82. The number of hydrogen-bond acceptors (Lipinski definition) is 5. The number of aryl methyl sites for hydroxylation is 1. The van der Waals surface area contributed by atoms with Gasteiger partial charge < -0.3 is 14.2 Å². The summed E-state index contributed by atoms with van der Waals surface area (Å²) >= 11 is 0. The number of imidazole rings is 1. The third-order valence-corrected chi connectivity index (χ3v) is 4.20. The van der Waals surface area contributed by atoms with Gasteiger partial charge in [-0.1, -0.05) is 0 Å². The number of nitro benzene ring substituents is 1. The van der Waals surface area contributed by atoms with Crippen LogP contribution in [0.15, 0.2) is 12.1 Å². The average Bonchev–Trinajstić information content (AvgIpc) is 2.83. The summed E-state index contributed by atoms with van der Waals surface area (Å²) in [5, 5.41) is 11.2.